The van der Waals surface area contributed by atoms with Crippen molar-refractivity contribution >= 4 is 19.3 Å². The summed E-state index contributed by atoms with van der Waals surface area (Å²) in [6.07, 6.45) is -4.90. The largest absolute Gasteiger partial charge is 0.481 e. The smallest absolute Gasteiger partial charge is 0.416 e. The van der Waals surface area contributed by atoms with E-state index >= 15 is 0 Å². The van der Waals surface area contributed by atoms with Gasteiger partial charge in [-0.25, -0.2) is 0 Å². The molecule has 0 heterocycles. The van der Waals surface area contributed by atoms with Crippen LogP contribution >= 0.6 is 7.37 Å². The minimum atomic E-state index is -4.61. The molecule has 0 amide bonds. The van der Waals surface area contributed by atoms with Crippen LogP contribution in [0, 0.1) is 5.92 Å². The molecule has 158 valence electrons. The van der Waals surface area contributed by atoms with Crippen molar-refractivity contribution in [3.8, 4) is 0 Å². The van der Waals surface area contributed by atoms with Crippen molar-refractivity contribution in [2.24, 2.45) is 5.92 Å². The Kier molecular flexibility index (Phi) is 8.70. The summed E-state index contributed by atoms with van der Waals surface area (Å²) >= 11 is 0. The van der Waals surface area contributed by atoms with Gasteiger partial charge in [0.05, 0.1) is 11.5 Å². The van der Waals surface area contributed by atoms with Gasteiger partial charge in [0.15, 0.2) is 0 Å². The van der Waals surface area contributed by atoms with Gasteiger partial charge in [-0.2, -0.15) is 13.2 Å². The Labute approximate surface area is 160 Å². The van der Waals surface area contributed by atoms with Crippen LogP contribution < -0.4 is 0 Å². The first-order chi connectivity index (χ1) is 12.9. The zero-order valence-corrected chi connectivity index (χ0v) is 16.2. The molecule has 0 fully saturated rings. The van der Waals surface area contributed by atoms with E-state index in [1.54, 1.807) is 6.92 Å². The second kappa shape index (κ2) is 10.1. The normalized spacial score (nSPS) is 16.2. The number of halogens is 3. The quantitative estimate of drug-likeness (QED) is 0.448. The Morgan fingerprint density at radius 2 is 1.82 bits per heavy atom. The third kappa shape index (κ3) is 7.28. The monoisotopic (exact) mass is 424 g/mol. The summed E-state index contributed by atoms with van der Waals surface area (Å²) in [5.74, 6) is -3.99. The molecule has 1 aromatic rings. The molecular weight excluding hydrogens is 400 g/mol. The standard InChI is InChI=1S/C18H24F3O6P/c1-2-3-7-15(14(17(24)25)8-9-16(22)23)28(26,27)11-12-5-4-6-13(10-12)18(19,20)21/h4-6,10,14-15H,2-3,7-9,11H2,1H3,(H,22,23)(H,24,25)(H,26,27). The predicted octanol–water partition coefficient (Wildman–Crippen LogP) is 4.60. The van der Waals surface area contributed by atoms with Gasteiger partial charge in [0.1, 0.15) is 0 Å². The Morgan fingerprint density at radius 3 is 2.32 bits per heavy atom. The van der Waals surface area contributed by atoms with E-state index in [4.69, 9.17) is 5.11 Å². The number of rotatable bonds is 11. The summed E-state index contributed by atoms with van der Waals surface area (Å²) < 4.78 is 51.6. The topological polar surface area (TPSA) is 112 Å². The number of aliphatic carboxylic acids is 2. The number of carboxylic acid groups (broad SMARTS) is 2. The molecule has 28 heavy (non-hydrogen) atoms. The molecule has 1 rings (SSSR count). The summed E-state index contributed by atoms with van der Waals surface area (Å²) in [5, 5.41) is 18.3. The molecule has 0 spiro atoms. The number of benzene rings is 1. The summed E-state index contributed by atoms with van der Waals surface area (Å²) in [6, 6.07) is 4.01. The highest BCUT2D eigenvalue weighted by Gasteiger charge is 2.41. The van der Waals surface area contributed by atoms with Gasteiger partial charge < -0.3 is 15.1 Å². The van der Waals surface area contributed by atoms with Crippen LogP contribution in [0.1, 0.15) is 50.2 Å². The third-order valence-corrected chi connectivity index (χ3v) is 6.96. The van der Waals surface area contributed by atoms with Gasteiger partial charge in [-0.3, -0.25) is 14.2 Å². The van der Waals surface area contributed by atoms with E-state index in [-0.39, 0.29) is 18.4 Å². The maximum absolute atomic E-state index is 13.0. The van der Waals surface area contributed by atoms with Crippen LogP contribution in [0.4, 0.5) is 13.2 Å². The van der Waals surface area contributed by atoms with Gasteiger partial charge in [-0.1, -0.05) is 38.0 Å². The lowest BCUT2D eigenvalue weighted by molar-refractivity contribution is -0.143. The minimum absolute atomic E-state index is 0.0236. The SMILES string of the molecule is CCCCC(C(CCC(=O)O)C(=O)O)P(=O)(O)Cc1cccc(C(F)(F)F)c1. The number of carboxylic acids is 2. The average Bonchev–Trinajstić information content (AvgIpc) is 2.56. The van der Waals surface area contributed by atoms with Crippen LogP contribution in [0.2, 0.25) is 0 Å². The molecular formula is C18H24F3O6P. The molecule has 1 aromatic carbocycles. The van der Waals surface area contributed by atoms with Gasteiger partial charge in [0.25, 0.3) is 0 Å². The van der Waals surface area contributed by atoms with Crippen molar-refractivity contribution in [3.63, 3.8) is 0 Å². The van der Waals surface area contributed by atoms with E-state index in [9.17, 15) is 37.3 Å². The van der Waals surface area contributed by atoms with Crippen LogP contribution in [0.3, 0.4) is 0 Å². The highest BCUT2D eigenvalue weighted by Crippen LogP contribution is 2.55. The highest BCUT2D eigenvalue weighted by atomic mass is 31.2. The fourth-order valence-electron chi connectivity index (χ4n) is 3.08. The molecule has 6 nitrogen and oxygen atoms in total. The molecule has 0 saturated heterocycles. The van der Waals surface area contributed by atoms with Crippen LogP contribution in [0.5, 0.6) is 0 Å². The molecule has 10 heteroatoms. The molecule has 0 aliphatic carbocycles. The van der Waals surface area contributed by atoms with Crippen molar-refractivity contribution in [1.29, 1.82) is 0 Å². The molecule has 0 bridgehead atoms. The van der Waals surface area contributed by atoms with E-state index in [1.807, 2.05) is 0 Å². The van der Waals surface area contributed by atoms with Gasteiger partial charge in [-0.05, 0) is 24.5 Å². The lowest BCUT2D eigenvalue weighted by Gasteiger charge is -2.28. The van der Waals surface area contributed by atoms with Crippen LogP contribution in [0.15, 0.2) is 24.3 Å². The lowest BCUT2D eigenvalue weighted by Crippen LogP contribution is -2.29. The fourth-order valence-corrected chi connectivity index (χ4v) is 5.46. The van der Waals surface area contributed by atoms with E-state index in [0.29, 0.717) is 12.8 Å². The average molecular weight is 424 g/mol. The number of alkyl halides is 3. The summed E-state index contributed by atoms with van der Waals surface area (Å²) in [7, 11) is -4.24. The van der Waals surface area contributed by atoms with Crippen LogP contribution in [0.25, 0.3) is 0 Å². The molecule has 0 aliphatic heterocycles. The van der Waals surface area contributed by atoms with E-state index in [2.05, 4.69) is 0 Å². The third-order valence-electron chi connectivity index (χ3n) is 4.49. The van der Waals surface area contributed by atoms with Crippen molar-refractivity contribution < 1.29 is 42.4 Å². The zero-order chi connectivity index (χ0) is 21.5. The second-order valence-corrected chi connectivity index (χ2v) is 9.19. The maximum Gasteiger partial charge on any atom is 0.416 e. The molecule has 3 N–H and O–H groups in total. The van der Waals surface area contributed by atoms with Crippen molar-refractivity contribution in [2.75, 3.05) is 0 Å². The number of hydrogen-bond acceptors (Lipinski definition) is 3. The Morgan fingerprint density at radius 1 is 1.18 bits per heavy atom. The highest BCUT2D eigenvalue weighted by molar-refractivity contribution is 7.58. The fraction of sp³-hybridized carbons (Fsp3) is 0.556. The summed E-state index contributed by atoms with van der Waals surface area (Å²) in [6.45, 7) is 1.80. The van der Waals surface area contributed by atoms with Crippen molar-refractivity contribution in [3.05, 3.63) is 35.4 Å². The van der Waals surface area contributed by atoms with Crippen LogP contribution in [-0.4, -0.2) is 32.7 Å². The molecule has 3 atom stereocenters. The van der Waals surface area contributed by atoms with E-state index in [1.165, 1.54) is 6.07 Å². The van der Waals surface area contributed by atoms with Gasteiger partial charge in [0.2, 0.25) is 7.37 Å². The number of unbranched alkanes of at least 4 members (excludes halogenated alkanes) is 1. The summed E-state index contributed by atoms with van der Waals surface area (Å²) in [4.78, 5) is 33.0. The molecule has 0 saturated carbocycles. The number of hydrogen-bond donors (Lipinski definition) is 3. The molecule has 3 unspecified atom stereocenters. The maximum atomic E-state index is 13.0. The Balaban J connectivity index is 3.18. The van der Waals surface area contributed by atoms with Gasteiger partial charge >= 0.3 is 18.1 Å². The van der Waals surface area contributed by atoms with Crippen LogP contribution in [-0.2, 0) is 26.5 Å². The molecule has 0 radical (unpaired) electrons. The number of carbonyl (C=O) groups is 2. The molecule has 0 aromatic heterocycles. The second-order valence-electron chi connectivity index (χ2n) is 6.70. The van der Waals surface area contributed by atoms with E-state index < -0.39 is 55.2 Å². The summed E-state index contributed by atoms with van der Waals surface area (Å²) in [5.41, 5.74) is -2.22. The van der Waals surface area contributed by atoms with E-state index in [0.717, 1.165) is 18.2 Å². The molecule has 0 aliphatic rings. The minimum Gasteiger partial charge on any atom is -0.481 e. The lowest BCUT2D eigenvalue weighted by atomic mass is 9.95. The van der Waals surface area contributed by atoms with Crippen molar-refractivity contribution in [1.82, 2.24) is 0 Å². The van der Waals surface area contributed by atoms with Gasteiger partial charge in [0, 0.05) is 18.2 Å². The Bertz CT molecular complexity index is 734. The zero-order valence-electron chi connectivity index (χ0n) is 15.4. The van der Waals surface area contributed by atoms with Gasteiger partial charge in [-0.15, -0.1) is 0 Å². The predicted molar refractivity (Wildman–Crippen MR) is 96.3 cm³/mol. The Hall–Kier alpha value is -1.86. The first-order valence-corrected chi connectivity index (χ1v) is 10.7. The first kappa shape index (κ1) is 24.2. The first-order valence-electron chi connectivity index (χ1n) is 8.80. The van der Waals surface area contributed by atoms with Crippen molar-refractivity contribution in [2.45, 2.75) is 57.0 Å².